The van der Waals surface area contributed by atoms with Gasteiger partial charge >= 0.3 is 0 Å². The summed E-state index contributed by atoms with van der Waals surface area (Å²) in [5.41, 5.74) is 7.81. The van der Waals surface area contributed by atoms with Crippen molar-refractivity contribution in [2.75, 3.05) is 5.73 Å². The fourth-order valence-corrected chi connectivity index (χ4v) is 3.34. The first-order valence-electron chi connectivity index (χ1n) is 5.38. The van der Waals surface area contributed by atoms with Gasteiger partial charge in [0.15, 0.2) is 0 Å². The third-order valence-corrected chi connectivity index (χ3v) is 4.48. The SMILES string of the molecule is Nc1ccccc1CS(=O)(=O)NCc1ccsc1. The second-order valence-corrected chi connectivity index (χ2v) is 6.50. The summed E-state index contributed by atoms with van der Waals surface area (Å²) < 4.78 is 26.3. The van der Waals surface area contributed by atoms with E-state index in [-0.39, 0.29) is 5.75 Å². The molecule has 0 spiro atoms. The van der Waals surface area contributed by atoms with E-state index in [2.05, 4.69) is 4.72 Å². The van der Waals surface area contributed by atoms with Crippen LogP contribution in [0.1, 0.15) is 11.1 Å². The lowest BCUT2D eigenvalue weighted by Crippen LogP contribution is -2.24. The van der Waals surface area contributed by atoms with Gasteiger partial charge in [-0.05, 0) is 34.0 Å². The lowest BCUT2D eigenvalue weighted by molar-refractivity contribution is 0.580. The molecule has 2 rings (SSSR count). The molecular weight excluding hydrogens is 268 g/mol. The van der Waals surface area contributed by atoms with E-state index < -0.39 is 10.0 Å². The number of anilines is 1. The number of nitrogens with one attached hydrogen (secondary N) is 1. The van der Waals surface area contributed by atoms with Gasteiger partial charge < -0.3 is 5.73 Å². The Kier molecular flexibility index (Phi) is 4.00. The maximum atomic E-state index is 11.9. The number of thiophene rings is 1. The minimum Gasteiger partial charge on any atom is -0.398 e. The Morgan fingerprint density at radius 2 is 2.00 bits per heavy atom. The number of rotatable bonds is 5. The molecule has 6 heteroatoms. The minimum atomic E-state index is -3.36. The summed E-state index contributed by atoms with van der Waals surface area (Å²) in [4.78, 5) is 0. The molecule has 1 aromatic heterocycles. The van der Waals surface area contributed by atoms with Crippen LogP contribution >= 0.6 is 11.3 Å². The van der Waals surface area contributed by atoms with Crippen molar-refractivity contribution in [2.45, 2.75) is 12.3 Å². The Balaban J connectivity index is 2.02. The van der Waals surface area contributed by atoms with Crippen LogP contribution in [0, 0.1) is 0 Å². The second-order valence-electron chi connectivity index (χ2n) is 3.91. The van der Waals surface area contributed by atoms with E-state index in [0.29, 0.717) is 17.8 Å². The van der Waals surface area contributed by atoms with E-state index >= 15 is 0 Å². The Morgan fingerprint density at radius 3 is 2.67 bits per heavy atom. The number of benzene rings is 1. The summed E-state index contributed by atoms with van der Waals surface area (Å²) >= 11 is 1.54. The van der Waals surface area contributed by atoms with Crippen molar-refractivity contribution in [1.29, 1.82) is 0 Å². The van der Waals surface area contributed by atoms with Gasteiger partial charge in [0.1, 0.15) is 0 Å². The van der Waals surface area contributed by atoms with E-state index in [9.17, 15) is 8.42 Å². The Labute approximate surface area is 111 Å². The summed E-state index contributed by atoms with van der Waals surface area (Å²) in [7, 11) is -3.36. The van der Waals surface area contributed by atoms with Crippen LogP contribution < -0.4 is 10.5 Å². The van der Waals surface area contributed by atoms with Crippen LogP contribution in [0.4, 0.5) is 5.69 Å². The van der Waals surface area contributed by atoms with Gasteiger partial charge in [-0.25, -0.2) is 13.1 Å². The predicted molar refractivity (Wildman–Crippen MR) is 74.6 cm³/mol. The number of para-hydroxylation sites is 1. The highest BCUT2D eigenvalue weighted by atomic mass is 32.2. The smallest absolute Gasteiger partial charge is 0.216 e. The topological polar surface area (TPSA) is 72.2 Å². The Hall–Kier alpha value is -1.37. The summed E-state index contributed by atoms with van der Waals surface area (Å²) in [5, 5.41) is 3.83. The van der Waals surface area contributed by atoms with Gasteiger partial charge in [-0.15, -0.1) is 0 Å². The van der Waals surface area contributed by atoms with Crippen molar-refractivity contribution in [2.24, 2.45) is 0 Å². The zero-order valence-corrected chi connectivity index (χ0v) is 11.3. The van der Waals surface area contributed by atoms with Gasteiger partial charge in [-0.2, -0.15) is 11.3 Å². The molecule has 0 aliphatic rings. The molecule has 1 heterocycles. The minimum absolute atomic E-state index is 0.0934. The fraction of sp³-hybridized carbons (Fsp3) is 0.167. The monoisotopic (exact) mass is 282 g/mol. The van der Waals surface area contributed by atoms with Crippen molar-refractivity contribution >= 4 is 27.0 Å². The van der Waals surface area contributed by atoms with Gasteiger partial charge in [-0.1, -0.05) is 18.2 Å². The molecule has 0 atom stereocenters. The van der Waals surface area contributed by atoms with Gasteiger partial charge in [0.25, 0.3) is 0 Å². The van der Waals surface area contributed by atoms with Crippen molar-refractivity contribution in [3.05, 3.63) is 52.2 Å². The van der Waals surface area contributed by atoms with Crippen molar-refractivity contribution < 1.29 is 8.42 Å². The quantitative estimate of drug-likeness (QED) is 0.823. The average Bonchev–Trinajstić information content (AvgIpc) is 2.83. The lowest BCUT2D eigenvalue weighted by atomic mass is 10.2. The molecule has 2 aromatic rings. The van der Waals surface area contributed by atoms with Gasteiger partial charge in [0, 0.05) is 12.2 Å². The van der Waals surface area contributed by atoms with Gasteiger partial charge in [0.05, 0.1) is 5.75 Å². The van der Waals surface area contributed by atoms with Crippen LogP contribution in [-0.4, -0.2) is 8.42 Å². The largest absolute Gasteiger partial charge is 0.398 e. The lowest BCUT2D eigenvalue weighted by Gasteiger charge is -2.07. The summed E-state index contributed by atoms with van der Waals surface area (Å²) in [6, 6.07) is 8.87. The van der Waals surface area contributed by atoms with E-state index in [0.717, 1.165) is 5.56 Å². The van der Waals surface area contributed by atoms with E-state index in [4.69, 9.17) is 5.73 Å². The van der Waals surface area contributed by atoms with Crippen LogP contribution in [0.25, 0.3) is 0 Å². The fourth-order valence-electron chi connectivity index (χ4n) is 1.51. The van der Waals surface area contributed by atoms with Crippen molar-refractivity contribution in [3.8, 4) is 0 Å². The molecule has 0 aliphatic heterocycles. The first-order valence-corrected chi connectivity index (χ1v) is 7.98. The summed E-state index contributed by atoms with van der Waals surface area (Å²) in [6.07, 6.45) is 0. The molecule has 3 N–H and O–H groups in total. The zero-order valence-electron chi connectivity index (χ0n) is 9.67. The predicted octanol–water partition coefficient (Wildman–Crippen LogP) is 1.95. The van der Waals surface area contributed by atoms with Crippen LogP contribution in [0.5, 0.6) is 0 Å². The molecule has 96 valence electrons. The number of nitrogen functional groups attached to an aromatic ring is 1. The molecule has 0 unspecified atom stereocenters. The average molecular weight is 282 g/mol. The zero-order chi connectivity index (χ0) is 13.0. The molecule has 0 fully saturated rings. The molecular formula is C12H14N2O2S2. The number of nitrogens with two attached hydrogens (primary N) is 1. The second kappa shape index (κ2) is 5.51. The highest BCUT2D eigenvalue weighted by Crippen LogP contribution is 2.14. The molecule has 0 radical (unpaired) electrons. The molecule has 18 heavy (non-hydrogen) atoms. The summed E-state index contributed by atoms with van der Waals surface area (Å²) in [5.74, 6) is -0.0934. The summed E-state index contributed by atoms with van der Waals surface area (Å²) in [6.45, 7) is 0.318. The Bertz CT molecular complexity index is 607. The Morgan fingerprint density at radius 1 is 1.22 bits per heavy atom. The molecule has 0 saturated carbocycles. The molecule has 1 aromatic carbocycles. The van der Waals surface area contributed by atoms with Gasteiger partial charge in [-0.3, -0.25) is 0 Å². The van der Waals surface area contributed by atoms with Crippen LogP contribution in [0.3, 0.4) is 0 Å². The first-order chi connectivity index (χ1) is 8.57. The maximum Gasteiger partial charge on any atom is 0.216 e. The molecule has 0 amide bonds. The third-order valence-electron chi connectivity index (χ3n) is 2.48. The highest BCUT2D eigenvalue weighted by Gasteiger charge is 2.12. The highest BCUT2D eigenvalue weighted by molar-refractivity contribution is 7.88. The molecule has 0 bridgehead atoms. The first kappa shape index (κ1) is 13.1. The molecule has 4 nitrogen and oxygen atoms in total. The third kappa shape index (κ3) is 3.56. The number of hydrogen-bond acceptors (Lipinski definition) is 4. The van der Waals surface area contributed by atoms with Crippen LogP contribution in [0.2, 0.25) is 0 Å². The standard InChI is InChI=1S/C12H14N2O2S2/c13-12-4-2-1-3-11(12)9-18(15,16)14-7-10-5-6-17-8-10/h1-6,8,14H,7,9,13H2. The molecule has 0 saturated heterocycles. The molecule has 0 aliphatic carbocycles. The van der Waals surface area contributed by atoms with Crippen LogP contribution in [-0.2, 0) is 22.3 Å². The van der Waals surface area contributed by atoms with E-state index in [1.54, 1.807) is 35.6 Å². The van der Waals surface area contributed by atoms with E-state index in [1.165, 1.54) is 0 Å². The van der Waals surface area contributed by atoms with E-state index in [1.807, 2.05) is 16.8 Å². The maximum absolute atomic E-state index is 11.9. The van der Waals surface area contributed by atoms with Crippen molar-refractivity contribution in [3.63, 3.8) is 0 Å². The van der Waals surface area contributed by atoms with Crippen molar-refractivity contribution in [1.82, 2.24) is 4.72 Å². The normalized spacial score (nSPS) is 11.6. The number of hydrogen-bond donors (Lipinski definition) is 2. The number of sulfonamides is 1. The van der Waals surface area contributed by atoms with Crippen LogP contribution in [0.15, 0.2) is 41.1 Å². The van der Waals surface area contributed by atoms with Gasteiger partial charge in [0.2, 0.25) is 10.0 Å².